The minimum atomic E-state index is -0.0906. The molecule has 244 valence electrons. The van der Waals surface area contributed by atoms with Crippen LogP contribution in [0.1, 0.15) is 25.0 Å². The summed E-state index contributed by atoms with van der Waals surface area (Å²) in [6, 6.07) is 65.5. The van der Waals surface area contributed by atoms with Gasteiger partial charge in [0, 0.05) is 27.0 Å². The van der Waals surface area contributed by atoms with Gasteiger partial charge in [0.15, 0.2) is 0 Å². The molecule has 52 heavy (non-hydrogen) atoms. The highest BCUT2D eigenvalue weighted by Gasteiger charge is 2.37. The van der Waals surface area contributed by atoms with Gasteiger partial charge in [0.2, 0.25) is 0 Å². The van der Waals surface area contributed by atoms with E-state index in [1.165, 1.54) is 104 Å². The Bertz CT molecular complexity index is 3050. The van der Waals surface area contributed by atoms with E-state index >= 15 is 0 Å². The molecule has 0 radical (unpaired) electrons. The molecule has 0 N–H and O–H groups in total. The molecular weight excluding hydrogens is 627 g/mol. The first kappa shape index (κ1) is 29.3. The molecule has 9 aromatic carbocycles. The SMILES string of the molecule is CC1(C)c2ccccc2-c2c(-c3c4ccccc4c(-n4c5ccccc5c5ccccc54)c4ccc(-c5ccc6ccccc6c5)cc34)cccc21. The van der Waals surface area contributed by atoms with Crippen LogP contribution in [-0.2, 0) is 5.41 Å². The van der Waals surface area contributed by atoms with Gasteiger partial charge >= 0.3 is 0 Å². The van der Waals surface area contributed by atoms with Crippen LogP contribution in [0.15, 0.2) is 176 Å². The standard InChI is InChI=1S/C51H35N/c1-51(2)44-22-10-7-20-41(44)49-42(21-13-23-45(49)51)48-38-18-5-6-19-39(38)50(52-46-24-11-8-16-36(46)37-17-9-12-25-47(37)52)40-29-28-35(31-43(40)48)34-27-26-32-14-3-4-15-33(32)30-34/h3-31H,1-2H3. The van der Waals surface area contributed by atoms with Crippen molar-refractivity contribution in [3.63, 3.8) is 0 Å². The number of hydrogen-bond donors (Lipinski definition) is 0. The fourth-order valence-corrected chi connectivity index (χ4v) is 9.36. The Kier molecular flexibility index (Phi) is 6.08. The van der Waals surface area contributed by atoms with Crippen molar-refractivity contribution < 1.29 is 0 Å². The molecule has 0 bridgehead atoms. The van der Waals surface area contributed by atoms with Gasteiger partial charge in [0.1, 0.15) is 0 Å². The highest BCUT2D eigenvalue weighted by Crippen LogP contribution is 2.54. The molecule has 0 spiro atoms. The van der Waals surface area contributed by atoms with Crippen molar-refractivity contribution in [2.24, 2.45) is 0 Å². The third kappa shape index (κ3) is 3.99. The summed E-state index contributed by atoms with van der Waals surface area (Å²) in [5.41, 5.74) is 14.1. The molecule has 1 aromatic heterocycles. The molecule has 10 aromatic rings. The van der Waals surface area contributed by atoms with E-state index < -0.39 is 0 Å². The number of nitrogens with zero attached hydrogens (tertiary/aromatic N) is 1. The maximum absolute atomic E-state index is 2.52. The summed E-state index contributed by atoms with van der Waals surface area (Å²) in [5.74, 6) is 0. The number of benzene rings is 9. The van der Waals surface area contributed by atoms with Gasteiger partial charge < -0.3 is 4.57 Å². The topological polar surface area (TPSA) is 4.93 Å². The van der Waals surface area contributed by atoms with Gasteiger partial charge in [-0.1, -0.05) is 166 Å². The summed E-state index contributed by atoms with van der Waals surface area (Å²) in [5, 5.41) is 10.1. The summed E-state index contributed by atoms with van der Waals surface area (Å²) >= 11 is 0. The number of hydrogen-bond acceptors (Lipinski definition) is 0. The van der Waals surface area contributed by atoms with Gasteiger partial charge in [-0.3, -0.25) is 0 Å². The first-order valence-corrected chi connectivity index (χ1v) is 18.3. The molecule has 0 fully saturated rings. The van der Waals surface area contributed by atoms with E-state index in [0.29, 0.717) is 0 Å². The predicted octanol–water partition coefficient (Wildman–Crippen LogP) is 13.9. The van der Waals surface area contributed by atoms with E-state index in [1.54, 1.807) is 0 Å². The zero-order valence-corrected chi connectivity index (χ0v) is 29.2. The van der Waals surface area contributed by atoms with E-state index in [2.05, 4.69) is 194 Å². The Hall–Kier alpha value is -6.44. The lowest BCUT2D eigenvalue weighted by molar-refractivity contribution is 0.660. The molecule has 11 rings (SSSR count). The maximum atomic E-state index is 2.52. The first-order chi connectivity index (χ1) is 25.6. The van der Waals surface area contributed by atoms with E-state index in [-0.39, 0.29) is 5.41 Å². The minimum Gasteiger partial charge on any atom is -0.308 e. The van der Waals surface area contributed by atoms with Crippen LogP contribution in [0.25, 0.3) is 93.2 Å². The van der Waals surface area contributed by atoms with Crippen LogP contribution in [-0.4, -0.2) is 4.57 Å². The monoisotopic (exact) mass is 661 g/mol. The molecule has 1 heterocycles. The van der Waals surface area contributed by atoms with Crippen molar-refractivity contribution in [1.29, 1.82) is 0 Å². The minimum absolute atomic E-state index is 0.0906. The third-order valence-electron chi connectivity index (χ3n) is 11.8. The average Bonchev–Trinajstić information content (AvgIpc) is 3.65. The van der Waals surface area contributed by atoms with Crippen LogP contribution < -0.4 is 0 Å². The van der Waals surface area contributed by atoms with Gasteiger partial charge in [-0.15, -0.1) is 0 Å². The predicted molar refractivity (Wildman–Crippen MR) is 222 cm³/mol. The molecule has 1 nitrogen and oxygen atoms in total. The number of aromatic nitrogens is 1. The Labute approximate surface area is 303 Å². The maximum Gasteiger partial charge on any atom is 0.0619 e. The Morgan fingerprint density at radius 3 is 1.71 bits per heavy atom. The fraction of sp³-hybridized carbons (Fsp3) is 0.0588. The lowest BCUT2D eigenvalue weighted by atomic mass is 9.81. The molecule has 1 heteroatoms. The molecule has 0 unspecified atom stereocenters. The lowest BCUT2D eigenvalue weighted by Gasteiger charge is -2.23. The highest BCUT2D eigenvalue weighted by molar-refractivity contribution is 6.22. The summed E-state index contributed by atoms with van der Waals surface area (Å²) in [7, 11) is 0. The van der Waals surface area contributed by atoms with E-state index in [4.69, 9.17) is 0 Å². The molecular formula is C51H35N. The normalized spacial score (nSPS) is 13.3. The van der Waals surface area contributed by atoms with Gasteiger partial charge in [0.05, 0.1) is 16.7 Å². The Morgan fingerprint density at radius 2 is 0.923 bits per heavy atom. The average molecular weight is 662 g/mol. The molecule has 1 aliphatic rings. The number of fused-ring (bicyclic) bond motifs is 9. The fourth-order valence-electron chi connectivity index (χ4n) is 9.36. The largest absolute Gasteiger partial charge is 0.308 e. The summed E-state index contributed by atoms with van der Waals surface area (Å²) in [6.07, 6.45) is 0. The van der Waals surface area contributed by atoms with Crippen molar-refractivity contribution >= 4 is 54.1 Å². The van der Waals surface area contributed by atoms with Gasteiger partial charge in [-0.2, -0.15) is 0 Å². The Balaban J connectivity index is 1.32. The molecule has 0 saturated heterocycles. The summed E-state index contributed by atoms with van der Waals surface area (Å²) in [6.45, 7) is 4.75. The Morgan fingerprint density at radius 1 is 0.365 bits per heavy atom. The number of rotatable bonds is 3. The van der Waals surface area contributed by atoms with Crippen LogP contribution in [0.5, 0.6) is 0 Å². The zero-order valence-electron chi connectivity index (χ0n) is 29.2. The zero-order chi connectivity index (χ0) is 34.6. The molecule has 0 atom stereocenters. The van der Waals surface area contributed by atoms with Gasteiger partial charge in [0.25, 0.3) is 0 Å². The van der Waals surface area contributed by atoms with Crippen LogP contribution in [0, 0.1) is 0 Å². The van der Waals surface area contributed by atoms with Crippen molar-refractivity contribution in [3.8, 4) is 39.1 Å². The van der Waals surface area contributed by atoms with Crippen LogP contribution in [0.2, 0.25) is 0 Å². The smallest absolute Gasteiger partial charge is 0.0619 e. The van der Waals surface area contributed by atoms with Crippen LogP contribution >= 0.6 is 0 Å². The number of para-hydroxylation sites is 2. The molecule has 0 aliphatic heterocycles. The van der Waals surface area contributed by atoms with E-state index in [0.717, 1.165) is 0 Å². The van der Waals surface area contributed by atoms with Crippen LogP contribution in [0.4, 0.5) is 0 Å². The highest BCUT2D eigenvalue weighted by atomic mass is 15.0. The second-order valence-electron chi connectivity index (χ2n) is 14.9. The van der Waals surface area contributed by atoms with E-state index in [1.807, 2.05) is 0 Å². The van der Waals surface area contributed by atoms with Crippen LogP contribution in [0.3, 0.4) is 0 Å². The van der Waals surface area contributed by atoms with Crippen molar-refractivity contribution in [2.75, 3.05) is 0 Å². The third-order valence-corrected chi connectivity index (χ3v) is 11.8. The van der Waals surface area contributed by atoms with Gasteiger partial charge in [-0.25, -0.2) is 0 Å². The summed E-state index contributed by atoms with van der Waals surface area (Å²) < 4.78 is 2.52. The second-order valence-corrected chi connectivity index (χ2v) is 14.9. The van der Waals surface area contributed by atoms with E-state index in [9.17, 15) is 0 Å². The van der Waals surface area contributed by atoms with Gasteiger partial charge in [-0.05, 0) is 90.3 Å². The summed E-state index contributed by atoms with van der Waals surface area (Å²) in [4.78, 5) is 0. The van der Waals surface area contributed by atoms with Crippen molar-refractivity contribution in [2.45, 2.75) is 19.3 Å². The first-order valence-electron chi connectivity index (χ1n) is 18.3. The molecule has 0 amide bonds. The second kappa shape index (κ2) is 10.8. The molecule has 0 saturated carbocycles. The van der Waals surface area contributed by atoms with Crippen molar-refractivity contribution in [1.82, 2.24) is 4.57 Å². The lowest BCUT2D eigenvalue weighted by Crippen LogP contribution is -2.14. The quantitative estimate of drug-likeness (QED) is 0.166. The van der Waals surface area contributed by atoms with Crippen molar-refractivity contribution in [3.05, 3.63) is 187 Å². The molecule has 1 aliphatic carbocycles.